The highest BCUT2D eigenvalue weighted by Gasteiger charge is 2.17. The maximum atomic E-state index is 11.5. The highest BCUT2D eigenvalue weighted by atomic mass is 79.9. The number of benzene rings is 1. The van der Waals surface area contributed by atoms with Gasteiger partial charge in [-0.05, 0) is 31.2 Å². The highest BCUT2D eigenvalue weighted by Crippen LogP contribution is 2.25. The van der Waals surface area contributed by atoms with Gasteiger partial charge in [0, 0.05) is 16.5 Å². The van der Waals surface area contributed by atoms with Crippen molar-refractivity contribution in [3.63, 3.8) is 0 Å². The summed E-state index contributed by atoms with van der Waals surface area (Å²) in [4.78, 5) is 11.5. The topological polar surface area (TPSA) is 65.5 Å². The molecule has 1 aromatic heterocycles. The first-order valence-corrected chi connectivity index (χ1v) is 7.16. The van der Waals surface area contributed by atoms with Crippen LogP contribution in [0.15, 0.2) is 45.3 Å². The molecule has 0 aliphatic rings. The van der Waals surface area contributed by atoms with Crippen LogP contribution in [0, 0.1) is 0 Å². The maximum Gasteiger partial charge on any atom is 0.323 e. The molecular formula is C15H16BrNO3. The molecule has 1 unspecified atom stereocenters. The van der Waals surface area contributed by atoms with E-state index in [4.69, 9.17) is 14.9 Å². The molecule has 20 heavy (non-hydrogen) atoms. The van der Waals surface area contributed by atoms with Gasteiger partial charge >= 0.3 is 5.97 Å². The zero-order chi connectivity index (χ0) is 14.5. The average molecular weight is 338 g/mol. The van der Waals surface area contributed by atoms with Crippen LogP contribution < -0.4 is 5.73 Å². The van der Waals surface area contributed by atoms with Crippen molar-refractivity contribution in [2.24, 2.45) is 5.73 Å². The maximum absolute atomic E-state index is 11.5. The van der Waals surface area contributed by atoms with Gasteiger partial charge in [0.1, 0.15) is 17.6 Å². The first-order valence-electron chi connectivity index (χ1n) is 6.37. The van der Waals surface area contributed by atoms with E-state index >= 15 is 0 Å². The van der Waals surface area contributed by atoms with E-state index in [1.165, 1.54) is 0 Å². The van der Waals surface area contributed by atoms with E-state index in [9.17, 15) is 4.79 Å². The van der Waals surface area contributed by atoms with Crippen molar-refractivity contribution in [1.29, 1.82) is 0 Å². The van der Waals surface area contributed by atoms with Gasteiger partial charge in [-0.3, -0.25) is 4.79 Å². The van der Waals surface area contributed by atoms with Crippen LogP contribution in [0.5, 0.6) is 0 Å². The number of furan rings is 1. The van der Waals surface area contributed by atoms with E-state index in [1.807, 2.05) is 36.4 Å². The minimum absolute atomic E-state index is 0.326. The van der Waals surface area contributed by atoms with Crippen molar-refractivity contribution in [2.75, 3.05) is 6.61 Å². The van der Waals surface area contributed by atoms with E-state index in [2.05, 4.69) is 15.9 Å². The van der Waals surface area contributed by atoms with Crippen molar-refractivity contribution in [3.05, 3.63) is 46.6 Å². The van der Waals surface area contributed by atoms with Crippen LogP contribution in [-0.2, 0) is 16.0 Å². The van der Waals surface area contributed by atoms with Gasteiger partial charge in [-0.1, -0.05) is 28.1 Å². The highest BCUT2D eigenvalue weighted by molar-refractivity contribution is 9.10. The fourth-order valence-electron chi connectivity index (χ4n) is 1.83. The molecule has 2 N–H and O–H groups in total. The van der Waals surface area contributed by atoms with Crippen LogP contribution in [-0.4, -0.2) is 18.6 Å². The number of hydrogen-bond donors (Lipinski definition) is 1. The Morgan fingerprint density at radius 3 is 2.90 bits per heavy atom. The zero-order valence-electron chi connectivity index (χ0n) is 11.1. The Balaban J connectivity index is 2.08. The quantitative estimate of drug-likeness (QED) is 0.851. The summed E-state index contributed by atoms with van der Waals surface area (Å²) in [5.41, 5.74) is 6.73. The van der Waals surface area contributed by atoms with Crippen LogP contribution >= 0.6 is 15.9 Å². The number of esters is 1. The standard InChI is InChI=1S/C15H16BrNO3/c1-2-19-15(18)13(17)9-12-6-7-14(20-12)10-4-3-5-11(16)8-10/h3-8,13H,2,9,17H2,1H3. The van der Waals surface area contributed by atoms with Crippen LogP contribution in [0.1, 0.15) is 12.7 Å². The Hall–Kier alpha value is -1.59. The monoisotopic (exact) mass is 337 g/mol. The molecule has 106 valence electrons. The number of nitrogens with two attached hydrogens (primary N) is 1. The lowest BCUT2D eigenvalue weighted by atomic mass is 10.2. The third kappa shape index (κ3) is 3.71. The summed E-state index contributed by atoms with van der Waals surface area (Å²) in [5, 5.41) is 0. The second-order valence-corrected chi connectivity index (χ2v) is 5.25. The van der Waals surface area contributed by atoms with Crippen molar-refractivity contribution >= 4 is 21.9 Å². The fourth-order valence-corrected chi connectivity index (χ4v) is 2.23. The summed E-state index contributed by atoms with van der Waals surface area (Å²) >= 11 is 3.42. The van der Waals surface area contributed by atoms with Gasteiger partial charge in [0.2, 0.25) is 0 Å². The van der Waals surface area contributed by atoms with Gasteiger partial charge in [0.05, 0.1) is 6.61 Å². The molecule has 0 aliphatic carbocycles. The number of carbonyl (C=O) groups excluding carboxylic acids is 1. The van der Waals surface area contributed by atoms with E-state index in [1.54, 1.807) is 6.92 Å². The second-order valence-electron chi connectivity index (χ2n) is 4.34. The number of rotatable bonds is 5. The molecule has 1 heterocycles. The van der Waals surface area contributed by atoms with Gasteiger partial charge in [-0.2, -0.15) is 0 Å². The Morgan fingerprint density at radius 1 is 1.40 bits per heavy atom. The first-order chi connectivity index (χ1) is 9.60. The largest absolute Gasteiger partial charge is 0.465 e. The number of ether oxygens (including phenoxy) is 1. The summed E-state index contributed by atoms with van der Waals surface area (Å²) < 4.78 is 11.6. The Labute approximate surface area is 126 Å². The van der Waals surface area contributed by atoms with Gasteiger partial charge in [-0.15, -0.1) is 0 Å². The minimum atomic E-state index is -0.698. The molecule has 0 amide bonds. The smallest absolute Gasteiger partial charge is 0.323 e. The summed E-state index contributed by atoms with van der Waals surface area (Å²) in [6.45, 7) is 2.08. The predicted molar refractivity (Wildman–Crippen MR) is 80.2 cm³/mol. The number of halogens is 1. The molecule has 1 atom stereocenters. The van der Waals surface area contributed by atoms with E-state index in [0.717, 1.165) is 15.8 Å². The number of hydrogen-bond acceptors (Lipinski definition) is 4. The molecule has 0 saturated carbocycles. The average Bonchev–Trinajstić information content (AvgIpc) is 2.87. The summed E-state index contributed by atoms with van der Waals surface area (Å²) in [6, 6.07) is 10.8. The Kier molecular flexibility index (Phi) is 4.98. The molecule has 5 heteroatoms. The van der Waals surface area contributed by atoms with Crippen LogP contribution in [0.3, 0.4) is 0 Å². The van der Waals surface area contributed by atoms with Crippen molar-refractivity contribution in [3.8, 4) is 11.3 Å². The molecule has 2 aromatic rings. The molecule has 0 radical (unpaired) electrons. The molecule has 4 nitrogen and oxygen atoms in total. The molecule has 0 spiro atoms. The Bertz CT molecular complexity index is 594. The Morgan fingerprint density at radius 2 is 2.20 bits per heavy atom. The SMILES string of the molecule is CCOC(=O)C(N)Cc1ccc(-c2cccc(Br)c2)o1. The van der Waals surface area contributed by atoms with Crippen LogP contribution in [0.2, 0.25) is 0 Å². The van der Waals surface area contributed by atoms with Gasteiger partial charge in [0.25, 0.3) is 0 Å². The van der Waals surface area contributed by atoms with E-state index in [-0.39, 0.29) is 0 Å². The van der Waals surface area contributed by atoms with Gasteiger partial charge < -0.3 is 14.9 Å². The van der Waals surface area contributed by atoms with Crippen molar-refractivity contribution in [2.45, 2.75) is 19.4 Å². The lowest BCUT2D eigenvalue weighted by Crippen LogP contribution is -2.34. The molecule has 0 aliphatic heterocycles. The fraction of sp³-hybridized carbons (Fsp3) is 0.267. The lowest BCUT2D eigenvalue weighted by Gasteiger charge is -2.08. The second kappa shape index (κ2) is 6.72. The summed E-state index contributed by atoms with van der Waals surface area (Å²) in [6.07, 6.45) is 0.326. The van der Waals surface area contributed by atoms with Crippen molar-refractivity contribution in [1.82, 2.24) is 0 Å². The van der Waals surface area contributed by atoms with Crippen molar-refractivity contribution < 1.29 is 13.9 Å². The predicted octanol–water partition coefficient (Wildman–Crippen LogP) is 3.14. The molecule has 1 aromatic carbocycles. The van der Waals surface area contributed by atoms with E-state index in [0.29, 0.717) is 18.8 Å². The first kappa shape index (κ1) is 14.8. The normalized spacial score (nSPS) is 12.2. The molecular weight excluding hydrogens is 322 g/mol. The molecule has 0 bridgehead atoms. The third-order valence-electron chi connectivity index (χ3n) is 2.78. The van der Waals surface area contributed by atoms with Crippen LogP contribution in [0.25, 0.3) is 11.3 Å². The number of carbonyl (C=O) groups is 1. The zero-order valence-corrected chi connectivity index (χ0v) is 12.7. The lowest BCUT2D eigenvalue weighted by molar-refractivity contribution is -0.144. The molecule has 0 saturated heterocycles. The van der Waals surface area contributed by atoms with Crippen LogP contribution in [0.4, 0.5) is 0 Å². The van der Waals surface area contributed by atoms with Gasteiger partial charge in [0.15, 0.2) is 0 Å². The summed E-state index contributed by atoms with van der Waals surface area (Å²) in [5.74, 6) is 1.01. The van der Waals surface area contributed by atoms with Gasteiger partial charge in [-0.25, -0.2) is 0 Å². The summed E-state index contributed by atoms with van der Waals surface area (Å²) in [7, 11) is 0. The molecule has 2 rings (SSSR count). The minimum Gasteiger partial charge on any atom is -0.465 e. The molecule has 0 fully saturated rings. The van der Waals surface area contributed by atoms with E-state index < -0.39 is 12.0 Å². The third-order valence-corrected chi connectivity index (χ3v) is 3.27.